The molecule has 0 heterocycles. The first kappa shape index (κ1) is 15.0. The van der Waals surface area contributed by atoms with Crippen molar-refractivity contribution in [2.75, 3.05) is 5.73 Å². The summed E-state index contributed by atoms with van der Waals surface area (Å²) in [7, 11) is 0. The molecule has 2 aromatic carbocycles. The van der Waals surface area contributed by atoms with E-state index in [1.165, 1.54) is 30.3 Å². The first-order valence-electron chi connectivity index (χ1n) is 5.86. The van der Waals surface area contributed by atoms with Gasteiger partial charge in [0.15, 0.2) is 11.5 Å². The number of nitrogens with two attached hydrogens (primary N) is 1. The van der Waals surface area contributed by atoms with Crippen LogP contribution in [0.15, 0.2) is 42.5 Å². The van der Waals surface area contributed by atoms with Gasteiger partial charge < -0.3 is 15.2 Å². The van der Waals surface area contributed by atoms with Gasteiger partial charge in [0, 0.05) is 11.3 Å². The summed E-state index contributed by atoms with van der Waals surface area (Å²) in [6.07, 6.45) is -4.83. The van der Waals surface area contributed by atoms with Crippen molar-refractivity contribution < 1.29 is 27.0 Å². The molecule has 3 nitrogen and oxygen atoms in total. The van der Waals surface area contributed by atoms with Crippen LogP contribution in [0.2, 0.25) is 0 Å². The van der Waals surface area contributed by atoms with Gasteiger partial charge in [-0.2, -0.15) is 0 Å². The topological polar surface area (TPSA) is 44.5 Å². The summed E-state index contributed by atoms with van der Waals surface area (Å²) in [5.41, 5.74) is 5.82. The maximum absolute atomic E-state index is 13.6. The number of alkyl halides is 3. The molecule has 0 aliphatic rings. The lowest BCUT2D eigenvalue weighted by Crippen LogP contribution is -2.17. The molecule has 0 amide bonds. The molecule has 0 fully saturated rings. The van der Waals surface area contributed by atoms with Crippen molar-refractivity contribution in [3.63, 3.8) is 0 Å². The van der Waals surface area contributed by atoms with Gasteiger partial charge >= 0.3 is 6.36 Å². The third-order valence-corrected chi connectivity index (χ3v) is 2.54. The van der Waals surface area contributed by atoms with E-state index in [0.29, 0.717) is 0 Å². The van der Waals surface area contributed by atoms with E-state index in [4.69, 9.17) is 10.5 Å². The Hall–Kier alpha value is -2.44. The SMILES string of the molecule is Nc1ccc(COc2ccccc2OC(F)(F)F)c(F)c1. The Labute approximate surface area is 117 Å². The van der Waals surface area contributed by atoms with Gasteiger partial charge in [-0.15, -0.1) is 13.2 Å². The van der Waals surface area contributed by atoms with E-state index in [-0.39, 0.29) is 23.6 Å². The molecule has 0 saturated carbocycles. The Morgan fingerprint density at radius 1 is 1.00 bits per heavy atom. The number of halogens is 4. The van der Waals surface area contributed by atoms with Crippen LogP contribution >= 0.6 is 0 Å². The summed E-state index contributed by atoms with van der Waals surface area (Å²) < 4.78 is 59.3. The molecule has 112 valence electrons. The summed E-state index contributed by atoms with van der Waals surface area (Å²) >= 11 is 0. The fraction of sp³-hybridized carbons (Fsp3) is 0.143. The minimum absolute atomic E-state index is 0.133. The van der Waals surface area contributed by atoms with E-state index in [9.17, 15) is 17.6 Å². The third kappa shape index (κ3) is 4.27. The number of nitrogen functional groups attached to an aromatic ring is 1. The van der Waals surface area contributed by atoms with Crippen molar-refractivity contribution in [1.82, 2.24) is 0 Å². The highest BCUT2D eigenvalue weighted by atomic mass is 19.4. The van der Waals surface area contributed by atoms with Crippen LogP contribution in [0, 0.1) is 5.82 Å². The van der Waals surface area contributed by atoms with Crippen LogP contribution in [0.1, 0.15) is 5.56 Å². The van der Waals surface area contributed by atoms with Crippen molar-refractivity contribution in [3.8, 4) is 11.5 Å². The van der Waals surface area contributed by atoms with E-state index in [1.54, 1.807) is 0 Å². The largest absolute Gasteiger partial charge is 0.573 e. The molecule has 0 bridgehead atoms. The smallest absolute Gasteiger partial charge is 0.485 e. The lowest BCUT2D eigenvalue weighted by Gasteiger charge is -2.14. The Bertz CT molecular complexity index is 629. The molecule has 0 atom stereocenters. The lowest BCUT2D eigenvalue weighted by molar-refractivity contribution is -0.275. The second-order valence-corrected chi connectivity index (χ2v) is 4.13. The highest BCUT2D eigenvalue weighted by Gasteiger charge is 2.32. The zero-order valence-corrected chi connectivity index (χ0v) is 10.7. The maximum atomic E-state index is 13.6. The van der Waals surface area contributed by atoms with Gasteiger partial charge in [-0.05, 0) is 24.3 Å². The summed E-state index contributed by atoms with van der Waals surface area (Å²) in [5, 5.41) is 0. The summed E-state index contributed by atoms with van der Waals surface area (Å²) in [4.78, 5) is 0. The summed E-state index contributed by atoms with van der Waals surface area (Å²) in [6, 6.07) is 9.25. The summed E-state index contributed by atoms with van der Waals surface area (Å²) in [6.45, 7) is -0.246. The zero-order chi connectivity index (χ0) is 15.5. The van der Waals surface area contributed by atoms with E-state index >= 15 is 0 Å². The second-order valence-electron chi connectivity index (χ2n) is 4.13. The van der Waals surface area contributed by atoms with Gasteiger partial charge in [0.25, 0.3) is 0 Å². The normalized spacial score (nSPS) is 11.2. The molecule has 0 aliphatic heterocycles. The predicted molar refractivity (Wildman–Crippen MR) is 68.3 cm³/mol. The van der Waals surface area contributed by atoms with Gasteiger partial charge in [-0.25, -0.2) is 4.39 Å². The van der Waals surface area contributed by atoms with Gasteiger partial charge in [0.1, 0.15) is 12.4 Å². The molecule has 21 heavy (non-hydrogen) atoms. The van der Waals surface area contributed by atoms with Gasteiger partial charge in [-0.1, -0.05) is 18.2 Å². The van der Waals surface area contributed by atoms with E-state index in [2.05, 4.69) is 4.74 Å². The fourth-order valence-corrected chi connectivity index (χ4v) is 1.61. The molecule has 2 N–H and O–H groups in total. The van der Waals surface area contributed by atoms with E-state index < -0.39 is 17.9 Å². The average Bonchev–Trinajstić information content (AvgIpc) is 2.37. The number of benzene rings is 2. The summed E-state index contributed by atoms with van der Waals surface area (Å²) in [5.74, 6) is -1.21. The Kier molecular flexibility index (Phi) is 4.21. The molecule has 2 rings (SSSR count). The van der Waals surface area contributed by atoms with Crippen molar-refractivity contribution in [1.29, 1.82) is 0 Å². The van der Waals surface area contributed by atoms with Gasteiger partial charge in [0.2, 0.25) is 0 Å². The van der Waals surface area contributed by atoms with Crippen molar-refractivity contribution >= 4 is 5.69 Å². The molecule has 0 unspecified atom stereocenters. The van der Waals surface area contributed by atoms with Crippen LogP contribution < -0.4 is 15.2 Å². The Morgan fingerprint density at radius 3 is 2.29 bits per heavy atom. The number of anilines is 1. The Morgan fingerprint density at radius 2 is 1.67 bits per heavy atom. The van der Waals surface area contributed by atoms with Gasteiger partial charge in [0.05, 0.1) is 0 Å². The number of para-hydroxylation sites is 2. The third-order valence-electron chi connectivity index (χ3n) is 2.54. The number of hydrogen-bond donors (Lipinski definition) is 1. The lowest BCUT2D eigenvalue weighted by atomic mass is 10.2. The minimum Gasteiger partial charge on any atom is -0.485 e. The number of hydrogen-bond acceptors (Lipinski definition) is 3. The van der Waals surface area contributed by atoms with E-state index in [0.717, 1.165) is 12.1 Å². The molecule has 0 saturated heterocycles. The molecule has 0 radical (unpaired) electrons. The van der Waals surface area contributed by atoms with Crippen LogP contribution in [-0.4, -0.2) is 6.36 Å². The Balaban J connectivity index is 2.13. The van der Waals surface area contributed by atoms with Crippen LogP contribution in [-0.2, 0) is 6.61 Å². The molecule has 0 aromatic heterocycles. The van der Waals surface area contributed by atoms with E-state index in [1.807, 2.05) is 0 Å². The second kappa shape index (κ2) is 5.90. The predicted octanol–water partition coefficient (Wildman–Crippen LogP) is 3.89. The highest BCUT2D eigenvalue weighted by Crippen LogP contribution is 2.32. The maximum Gasteiger partial charge on any atom is 0.573 e. The van der Waals surface area contributed by atoms with Gasteiger partial charge in [-0.3, -0.25) is 0 Å². The highest BCUT2D eigenvalue weighted by molar-refractivity contribution is 5.42. The van der Waals surface area contributed by atoms with Crippen molar-refractivity contribution in [3.05, 3.63) is 53.8 Å². The monoisotopic (exact) mass is 301 g/mol. The molecule has 2 aromatic rings. The first-order valence-corrected chi connectivity index (χ1v) is 5.86. The minimum atomic E-state index is -4.83. The quantitative estimate of drug-likeness (QED) is 0.688. The van der Waals surface area contributed by atoms with Crippen LogP contribution in [0.5, 0.6) is 11.5 Å². The number of ether oxygens (including phenoxy) is 2. The molecular weight excluding hydrogens is 290 g/mol. The molecule has 7 heteroatoms. The van der Waals surface area contributed by atoms with Crippen LogP contribution in [0.25, 0.3) is 0 Å². The van der Waals surface area contributed by atoms with Crippen molar-refractivity contribution in [2.24, 2.45) is 0 Å². The standard InChI is InChI=1S/C14H11F4NO2/c15-11-7-10(19)6-5-9(11)8-20-12-3-1-2-4-13(12)21-14(16,17)18/h1-7H,8,19H2. The molecule has 0 aliphatic carbocycles. The van der Waals surface area contributed by atoms with Crippen LogP contribution in [0.4, 0.5) is 23.2 Å². The molecular formula is C14H11F4NO2. The number of rotatable bonds is 4. The van der Waals surface area contributed by atoms with Crippen molar-refractivity contribution in [2.45, 2.75) is 13.0 Å². The molecule has 0 spiro atoms. The fourth-order valence-electron chi connectivity index (χ4n) is 1.61. The van der Waals surface area contributed by atoms with Crippen LogP contribution in [0.3, 0.4) is 0 Å². The average molecular weight is 301 g/mol. The zero-order valence-electron chi connectivity index (χ0n) is 10.7. The first-order chi connectivity index (χ1) is 9.85.